The molecule has 4 nitrogen and oxygen atoms in total. The van der Waals surface area contributed by atoms with E-state index in [4.69, 9.17) is 0 Å². The summed E-state index contributed by atoms with van der Waals surface area (Å²) in [4.78, 5) is 9.58. The summed E-state index contributed by atoms with van der Waals surface area (Å²) in [5.41, 5.74) is 0. The Bertz CT molecular complexity index is 187. The van der Waals surface area contributed by atoms with Gasteiger partial charge < -0.3 is 4.74 Å². The first-order valence-corrected chi connectivity index (χ1v) is 2.24. The van der Waals surface area contributed by atoms with Gasteiger partial charge in [0.25, 0.3) is 0 Å². The van der Waals surface area contributed by atoms with Gasteiger partial charge in [-0.2, -0.15) is 10.2 Å². The molecule has 0 aliphatic heterocycles. The van der Waals surface area contributed by atoms with Crippen LogP contribution in [0.1, 0.15) is 0 Å². The normalized spacial score (nSPS) is 8.44. The Labute approximate surface area is 51.5 Å². The van der Waals surface area contributed by atoms with E-state index >= 15 is 0 Å². The number of hydrogen-bond acceptors (Lipinski definition) is 4. The summed E-state index contributed by atoms with van der Waals surface area (Å²) >= 11 is 0. The first kappa shape index (κ1) is 5.68. The molecule has 0 unspecified atom stereocenters. The van der Waals surface area contributed by atoms with Crippen LogP contribution in [0.4, 0.5) is 0 Å². The lowest BCUT2D eigenvalue weighted by Gasteiger charge is -1.89. The van der Waals surface area contributed by atoms with Gasteiger partial charge in [0.1, 0.15) is 0 Å². The average molecular weight is 123 g/mol. The Morgan fingerprint density at radius 1 is 1.56 bits per heavy atom. The predicted octanol–water partition coefficient (Wildman–Crippen LogP) is -0.0774. The highest BCUT2D eigenvalue weighted by Crippen LogP contribution is 2.01. The second kappa shape index (κ2) is 2.76. The van der Waals surface area contributed by atoms with Crippen molar-refractivity contribution in [3.63, 3.8) is 0 Å². The zero-order chi connectivity index (χ0) is 6.53. The lowest BCUT2D eigenvalue weighted by Crippen LogP contribution is -1.88. The molecule has 0 aliphatic carbocycles. The van der Waals surface area contributed by atoms with Crippen LogP contribution in [0.15, 0.2) is 18.5 Å². The van der Waals surface area contributed by atoms with Gasteiger partial charge in [0.05, 0.1) is 12.4 Å². The van der Waals surface area contributed by atoms with E-state index in [1.54, 1.807) is 0 Å². The topological polar surface area (TPSA) is 52.1 Å². The minimum Gasteiger partial charge on any atom is -0.416 e. The summed E-state index contributed by atoms with van der Waals surface area (Å²) in [5.74, 6) is 0.347. The molecule has 4 heteroatoms. The van der Waals surface area contributed by atoms with Gasteiger partial charge in [-0.05, 0) is 0 Å². The van der Waals surface area contributed by atoms with Crippen LogP contribution in [0.25, 0.3) is 0 Å². The number of carbonyl (C=O) groups excluding carboxylic acids is 1. The third kappa shape index (κ3) is 1.49. The molecule has 9 heavy (non-hydrogen) atoms. The Morgan fingerprint density at radius 2 is 2.44 bits per heavy atom. The van der Waals surface area contributed by atoms with E-state index in [1.165, 1.54) is 24.9 Å². The Hall–Kier alpha value is -1.45. The van der Waals surface area contributed by atoms with Gasteiger partial charge in [-0.15, -0.1) is 0 Å². The summed E-state index contributed by atoms with van der Waals surface area (Å²) in [6.45, 7) is 1.27. The fourth-order valence-corrected chi connectivity index (χ4v) is 0.387. The smallest absolute Gasteiger partial charge is 0.416 e. The molecule has 1 aromatic rings. The maximum Gasteiger partial charge on any atom is 0.423 e. The second-order valence-electron chi connectivity index (χ2n) is 1.26. The van der Waals surface area contributed by atoms with Crippen LogP contribution in [-0.4, -0.2) is 16.7 Å². The maximum atomic E-state index is 9.58. The summed E-state index contributed by atoms with van der Waals surface area (Å²) in [6.07, 6.45) is 2.75. The van der Waals surface area contributed by atoms with Crippen molar-refractivity contribution in [1.29, 1.82) is 0 Å². The summed E-state index contributed by atoms with van der Waals surface area (Å²) in [6, 6.07) is 1.51. The minimum atomic E-state index is 0.347. The fraction of sp³-hybridized carbons (Fsp3) is 0. The molecule has 1 radical (unpaired) electrons. The molecular formula is C5H3N2O2. The molecule has 1 rings (SSSR count). The van der Waals surface area contributed by atoms with Crippen LogP contribution in [0, 0.1) is 0 Å². The van der Waals surface area contributed by atoms with E-state index in [2.05, 4.69) is 14.9 Å². The van der Waals surface area contributed by atoms with Gasteiger partial charge in [-0.25, -0.2) is 4.79 Å². The van der Waals surface area contributed by atoms with Gasteiger partial charge in [-0.3, -0.25) is 0 Å². The first-order valence-electron chi connectivity index (χ1n) is 2.24. The number of hydrogen-bond donors (Lipinski definition) is 0. The molecule has 0 fully saturated rings. The van der Waals surface area contributed by atoms with E-state index in [0.29, 0.717) is 5.75 Å². The van der Waals surface area contributed by atoms with Crippen LogP contribution in [-0.2, 0) is 4.79 Å². The van der Waals surface area contributed by atoms with Gasteiger partial charge in [0.2, 0.25) is 0 Å². The average Bonchev–Trinajstić information content (AvgIpc) is 1.91. The highest BCUT2D eigenvalue weighted by atomic mass is 16.5. The van der Waals surface area contributed by atoms with Crippen molar-refractivity contribution < 1.29 is 9.53 Å². The van der Waals surface area contributed by atoms with Crippen LogP contribution in [0.2, 0.25) is 0 Å². The lowest BCUT2D eigenvalue weighted by atomic mass is 10.5. The molecule has 0 saturated carbocycles. The quantitative estimate of drug-likeness (QED) is 0.552. The monoisotopic (exact) mass is 123 g/mol. The van der Waals surface area contributed by atoms with E-state index in [9.17, 15) is 4.79 Å². The molecule has 0 aromatic carbocycles. The number of rotatable bonds is 2. The molecule has 1 aromatic heterocycles. The third-order valence-corrected chi connectivity index (χ3v) is 0.717. The van der Waals surface area contributed by atoms with Crippen LogP contribution >= 0.6 is 0 Å². The molecule has 0 N–H and O–H groups in total. The summed E-state index contributed by atoms with van der Waals surface area (Å²) in [7, 11) is 0. The van der Waals surface area contributed by atoms with Crippen molar-refractivity contribution in [2.75, 3.05) is 0 Å². The molecule has 0 bridgehead atoms. The first-order chi connectivity index (χ1) is 4.43. The Kier molecular flexibility index (Phi) is 1.74. The van der Waals surface area contributed by atoms with Crippen molar-refractivity contribution in [3.8, 4) is 5.75 Å². The molecule has 0 spiro atoms. The molecule has 45 valence electrons. The van der Waals surface area contributed by atoms with Crippen molar-refractivity contribution in [2.45, 2.75) is 0 Å². The molecule has 0 aliphatic rings. The highest BCUT2D eigenvalue weighted by molar-refractivity contribution is 5.44. The van der Waals surface area contributed by atoms with E-state index in [1.807, 2.05) is 0 Å². The van der Waals surface area contributed by atoms with Gasteiger partial charge in [0, 0.05) is 6.07 Å². The van der Waals surface area contributed by atoms with Crippen LogP contribution in [0.3, 0.4) is 0 Å². The van der Waals surface area contributed by atoms with E-state index in [0.717, 1.165) is 0 Å². The lowest BCUT2D eigenvalue weighted by molar-refractivity contribution is 0.441. The summed E-state index contributed by atoms with van der Waals surface area (Å²) < 4.78 is 4.30. The van der Waals surface area contributed by atoms with Gasteiger partial charge in [-0.1, -0.05) is 0 Å². The molecular weight excluding hydrogens is 120 g/mol. The van der Waals surface area contributed by atoms with E-state index in [-0.39, 0.29) is 0 Å². The molecule has 0 saturated heterocycles. The number of ether oxygens (including phenoxy) is 1. The second-order valence-corrected chi connectivity index (χ2v) is 1.26. The summed E-state index contributed by atoms with van der Waals surface area (Å²) in [5, 5.41) is 6.92. The SMILES string of the molecule is O=[C]Oc1ccnnc1. The van der Waals surface area contributed by atoms with Gasteiger partial charge in [0.15, 0.2) is 5.75 Å². The molecule has 0 atom stereocenters. The number of aromatic nitrogens is 2. The van der Waals surface area contributed by atoms with Crippen LogP contribution in [0.5, 0.6) is 5.75 Å². The zero-order valence-electron chi connectivity index (χ0n) is 4.44. The van der Waals surface area contributed by atoms with E-state index < -0.39 is 0 Å². The van der Waals surface area contributed by atoms with Crippen LogP contribution < -0.4 is 4.74 Å². The molecule has 0 amide bonds. The number of nitrogens with zero attached hydrogens (tertiary/aromatic N) is 2. The minimum absolute atomic E-state index is 0.347. The third-order valence-electron chi connectivity index (χ3n) is 0.717. The van der Waals surface area contributed by atoms with Crippen molar-refractivity contribution >= 4 is 6.47 Å². The maximum absolute atomic E-state index is 9.58. The van der Waals surface area contributed by atoms with Crippen molar-refractivity contribution in [3.05, 3.63) is 18.5 Å². The zero-order valence-corrected chi connectivity index (χ0v) is 4.44. The molecule has 1 heterocycles. The Morgan fingerprint density at radius 3 is 3.00 bits per heavy atom. The predicted molar refractivity (Wildman–Crippen MR) is 28.4 cm³/mol. The van der Waals surface area contributed by atoms with Crippen molar-refractivity contribution in [1.82, 2.24) is 10.2 Å². The standard InChI is InChI=1S/C5H3N2O2/c8-4-9-5-1-2-6-7-3-5/h1-3H. The fourth-order valence-electron chi connectivity index (χ4n) is 0.387. The Balaban J connectivity index is 2.72. The van der Waals surface area contributed by atoms with Crippen molar-refractivity contribution in [2.24, 2.45) is 0 Å². The highest BCUT2D eigenvalue weighted by Gasteiger charge is 1.87. The largest absolute Gasteiger partial charge is 0.423 e. The van der Waals surface area contributed by atoms with Gasteiger partial charge >= 0.3 is 6.47 Å².